The standard InChI is InChI=1S/C26H31ClN4O2/c1-33-26-17-23(9-6-20(26)18-31-15-12-24(32)13-16-31)28-14-2-3-22-10-11-25(30-29-22)19-4-7-21(27)8-5-19/h4-11,17,24,28,32H,2-3,12-16,18H2,1H3. The summed E-state index contributed by atoms with van der Waals surface area (Å²) in [6, 6.07) is 18.0. The summed E-state index contributed by atoms with van der Waals surface area (Å²) < 4.78 is 5.64. The van der Waals surface area contributed by atoms with Gasteiger partial charge in [-0.3, -0.25) is 4.90 Å². The molecular formula is C26H31ClN4O2. The van der Waals surface area contributed by atoms with Crippen LogP contribution in [0.5, 0.6) is 5.75 Å². The van der Waals surface area contributed by atoms with Gasteiger partial charge in [0.25, 0.3) is 0 Å². The van der Waals surface area contributed by atoms with Crippen molar-refractivity contribution in [3.8, 4) is 17.0 Å². The molecular weight excluding hydrogens is 436 g/mol. The summed E-state index contributed by atoms with van der Waals surface area (Å²) in [7, 11) is 1.72. The number of aryl methyl sites for hydroxylation is 1. The number of aromatic nitrogens is 2. The lowest BCUT2D eigenvalue weighted by Crippen LogP contribution is -2.35. The average molecular weight is 467 g/mol. The Bertz CT molecular complexity index is 1020. The molecule has 0 amide bonds. The SMILES string of the molecule is COc1cc(NCCCc2ccc(-c3ccc(Cl)cc3)nn2)ccc1CN1CCC(O)CC1. The van der Waals surface area contributed by atoms with Crippen molar-refractivity contribution in [2.45, 2.75) is 38.3 Å². The van der Waals surface area contributed by atoms with E-state index in [9.17, 15) is 5.11 Å². The normalized spacial score (nSPS) is 14.9. The first-order chi connectivity index (χ1) is 16.1. The van der Waals surface area contributed by atoms with Crippen molar-refractivity contribution in [1.29, 1.82) is 0 Å². The first-order valence-electron chi connectivity index (χ1n) is 11.5. The Hall–Kier alpha value is -2.67. The number of hydrogen-bond acceptors (Lipinski definition) is 6. The summed E-state index contributed by atoms with van der Waals surface area (Å²) in [6.07, 6.45) is 3.35. The molecule has 1 aliphatic heterocycles. The molecule has 1 fully saturated rings. The number of aliphatic hydroxyl groups excluding tert-OH is 1. The van der Waals surface area contributed by atoms with E-state index < -0.39 is 0 Å². The molecule has 1 aromatic heterocycles. The zero-order valence-corrected chi connectivity index (χ0v) is 19.8. The number of nitrogens with zero attached hydrogens (tertiary/aromatic N) is 3. The molecule has 0 unspecified atom stereocenters. The van der Waals surface area contributed by atoms with E-state index in [4.69, 9.17) is 16.3 Å². The lowest BCUT2D eigenvalue weighted by atomic mass is 10.1. The van der Waals surface area contributed by atoms with Gasteiger partial charge in [0.1, 0.15) is 5.75 Å². The number of aliphatic hydroxyl groups is 1. The van der Waals surface area contributed by atoms with Gasteiger partial charge in [0.15, 0.2) is 0 Å². The Balaban J connectivity index is 1.25. The number of halogens is 1. The minimum absolute atomic E-state index is 0.151. The summed E-state index contributed by atoms with van der Waals surface area (Å²) in [4.78, 5) is 2.37. The molecule has 2 aromatic carbocycles. The average Bonchev–Trinajstić information content (AvgIpc) is 2.85. The number of piperidine rings is 1. The Kier molecular flexibility index (Phi) is 8.15. The molecule has 0 spiro atoms. The van der Waals surface area contributed by atoms with Crippen molar-refractivity contribution < 1.29 is 9.84 Å². The van der Waals surface area contributed by atoms with E-state index in [0.29, 0.717) is 5.02 Å². The zero-order chi connectivity index (χ0) is 23.0. The molecule has 4 rings (SSSR count). The van der Waals surface area contributed by atoms with Crippen LogP contribution in [0.2, 0.25) is 5.02 Å². The fraction of sp³-hybridized carbons (Fsp3) is 0.385. The van der Waals surface area contributed by atoms with Gasteiger partial charge in [0.2, 0.25) is 0 Å². The molecule has 6 nitrogen and oxygen atoms in total. The fourth-order valence-electron chi connectivity index (χ4n) is 4.07. The first kappa shape index (κ1) is 23.5. The van der Waals surface area contributed by atoms with Gasteiger partial charge in [-0.15, -0.1) is 0 Å². The highest BCUT2D eigenvalue weighted by Crippen LogP contribution is 2.26. The summed E-state index contributed by atoms with van der Waals surface area (Å²) >= 11 is 5.95. The smallest absolute Gasteiger partial charge is 0.125 e. The van der Waals surface area contributed by atoms with E-state index in [2.05, 4.69) is 38.6 Å². The van der Waals surface area contributed by atoms with Crippen LogP contribution in [-0.2, 0) is 13.0 Å². The molecule has 1 saturated heterocycles. The predicted octanol–water partition coefficient (Wildman–Crippen LogP) is 4.81. The molecule has 7 heteroatoms. The number of benzene rings is 2. The van der Waals surface area contributed by atoms with E-state index in [1.807, 2.05) is 36.4 Å². The van der Waals surface area contributed by atoms with E-state index in [1.54, 1.807) is 7.11 Å². The summed E-state index contributed by atoms with van der Waals surface area (Å²) in [6.45, 7) is 3.54. The van der Waals surface area contributed by atoms with Crippen LogP contribution in [0.25, 0.3) is 11.3 Å². The number of anilines is 1. The number of ether oxygens (including phenoxy) is 1. The fourth-order valence-corrected chi connectivity index (χ4v) is 4.20. The summed E-state index contributed by atoms with van der Waals surface area (Å²) in [5, 5.41) is 22.6. The molecule has 0 saturated carbocycles. The second-order valence-electron chi connectivity index (χ2n) is 8.48. The van der Waals surface area contributed by atoms with Crippen LogP contribution in [0.1, 0.15) is 30.5 Å². The van der Waals surface area contributed by atoms with Gasteiger partial charge >= 0.3 is 0 Å². The lowest BCUT2D eigenvalue weighted by molar-refractivity contribution is 0.0789. The Morgan fingerprint density at radius 3 is 2.55 bits per heavy atom. The van der Waals surface area contributed by atoms with Crippen molar-refractivity contribution in [1.82, 2.24) is 15.1 Å². The summed E-state index contributed by atoms with van der Waals surface area (Å²) in [5.41, 5.74) is 5.07. The van der Waals surface area contributed by atoms with Gasteiger partial charge in [-0.1, -0.05) is 29.8 Å². The quantitative estimate of drug-likeness (QED) is 0.441. The van der Waals surface area contributed by atoms with Crippen LogP contribution < -0.4 is 10.1 Å². The molecule has 0 radical (unpaired) electrons. The van der Waals surface area contributed by atoms with Gasteiger partial charge < -0.3 is 15.2 Å². The van der Waals surface area contributed by atoms with Crippen molar-refractivity contribution >= 4 is 17.3 Å². The second kappa shape index (κ2) is 11.5. The maximum atomic E-state index is 9.70. The van der Waals surface area contributed by atoms with Crippen LogP contribution >= 0.6 is 11.6 Å². The monoisotopic (exact) mass is 466 g/mol. The molecule has 3 aromatic rings. The second-order valence-corrected chi connectivity index (χ2v) is 8.92. The number of nitrogens with one attached hydrogen (secondary N) is 1. The molecule has 0 bridgehead atoms. The van der Waals surface area contributed by atoms with Crippen LogP contribution in [0, 0.1) is 0 Å². The molecule has 174 valence electrons. The zero-order valence-electron chi connectivity index (χ0n) is 19.0. The summed E-state index contributed by atoms with van der Waals surface area (Å²) in [5.74, 6) is 0.898. The highest BCUT2D eigenvalue weighted by molar-refractivity contribution is 6.30. The first-order valence-corrected chi connectivity index (χ1v) is 11.9. The van der Waals surface area contributed by atoms with Crippen molar-refractivity contribution in [2.24, 2.45) is 0 Å². The van der Waals surface area contributed by atoms with Gasteiger partial charge in [-0.05, 0) is 56.0 Å². The third-order valence-electron chi connectivity index (χ3n) is 6.04. The minimum Gasteiger partial charge on any atom is -0.496 e. The number of hydrogen-bond donors (Lipinski definition) is 2. The predicted molar refractivity (Wildman–Crippen MR) is 133 cm³/mol. The van der Waals surface area contributed by atoms with Crippen LogP contribution in [0.15, 0.2) is 54.6 Å². The van der Waals surface area contributed by atoms with Gasteiger partial charge in [0.05, 0.1) is 24.6 Å². The van der Waals surface area contributed by atoms with Gasteiger partial charge in [-0.25, -0.2) is 0 Å². The molecule has 2 N–H and O–H groups in total. The number of rotatable bonds is 9. The maximum absolute atomic E-state index is 9.70. The molecule has 0 atom stereocenters. The Labute approximate surface area is 200 Å². The number of methoxy groups -OCH3 is 1. The van der Waals surface area contributed by atoms with Crippen molar-refractivity contribution in [3.05, 3.63) is 70.9 Å². The highest BCUT2D eigenvalue weighted by Gasteiger charge is 2.18. The molecule has 1 aliphatic rings. The van der Waals surface area contributed by atoms with E-state index >= 15 is 0 Å². The van der Waals surface area contributed by atoms with Crippen molar-refractivity contribution in [2.75, 3.05) is 32.1 Å². The van der Waals surface area contributed by atoms with Crippen LogP contribution in [0.3, 0.4) is 0 Å². The van der Waals surface area contributed by atoms with Gasteiger partial charge in [-0.2, -0.15) is 10.2 Å². The van der Waals surface area contributed by atoms with Crippen LogP contribution in [0.4, 0.5) is 5.69 Å². The lowest BCUT2D eigenvalue weighted by Gasteiger charge is -2.29. The molecule has 2 heterocycles. The molecule has 33 heavy (non-hydrogen) atoms. The number of likely N-dealkylation sites (tertiary alicyclic amines) is 1. The van der Waals surface area contributed by atoms with E-state index in [-0.39, 0.29) is 6.10 Å². The third-order valence-corrected chi connectivity index (χ3v) is 6.29. The van der Waals surface area contributed by atoms with E-state index in [1.165, 1.54) is 5.56 Å². The maximum Gasteiger partial charge on any atom is 0.125 e. The topological polar surface area (TPSA) is 70.5 Å². The van der Waals surface area contributed by atoms with E-state index in [0.717, 1.165) is 80.3 Å². The Morgan fingerprint density at radius 2 is 1.85 bits per heavy atom. The third kappa shape index (κ3) is 6.67. The molecule has 0 aliphatic carbocycles. The van der Waals surface area contributed by atoms with Gasteiger partial charge in [0, 0.05) is 54.1 Å². The highest BCUT2D eigenvalue weighted by atomic mass is 35.5. The van der Waals surface area contributed by atoms with Crippen LogP contribution in [-0.4, -0.2) is 53.1 Å². The Morgan fingerprint density at radius 1 is 1.06 bits per heavy atom. The van der Waals surface area contributed by atoms with Crippen molar-refractivity contribution in [3.63, 3.8) is 0 Å². The largest absolute Gasteiger partial charge is 0.496 e. The minimum atomic E-state index is -0.151.